The molecule has 1 aliphatic heterocycles. The highest BCUT2D eigenvalue weighted by Crippen LogP contribution is 2.28. The van der Waals surface area contributed by atoms with Crippen LogP contribution in [-0.2, 0) is 0 Å². The fourth-order valence-electron chi connectivity index (χ4n) is 2.56. The molecule has 23 heavy (non-hydrogen) atoms. The molecule has 2 amide bonds. The summed E-state index contributed by atoms with van der Waals surface area (Å²) in [6, 6.07) is 4.05. The first kappa shape index (κ1) is 17.8. The molecule has 1 aromatic rings. The summed E-state index contributed by atoms with van der Waals surface area (Å²) >= 11 is 7.75. The lowest BCUT2D eigenvalue weighted by molar-refractivity contribution is -0.384. The molecule has 0 saturated carbocycles. The summed E-state index contributed by atoms with van der Waals surface area (Å²) in [5, 5.41) is 13.9. The monoisotopic (exact) mass is 358 g/mol. The quantitative estimate of drug-likeness (QED) is 0.661. The summed E-state index contributed by atoms with van der Waals surface area (Å²) in [5.41, 5.74) is 0.264. The summed E-state index contributed by atoms with van der Waals surface area (Å²) in [4.78, 5) is 26.5. The highest BCUT2D eigenvalue weighted by molar-refractivity contribution is 7.99. The van der Waals surface area contributed by atoms with E-state index < -0.39 is 4.92 Å². The predicted octanol–water partition coefficient (Wildman–Crippen LogP) is 2.76. The van der Waals surface area contributed by atoms with Gasteiger partial charge >= 0.3 is 6.03 Å². The van der Waals surface area contributed by atoms with Gasteiger partial charge in [-0.1, -0.05) is 11.6 Å². The Hall–Kier alpha value is -1.51. The first-order valence-electron chi connectivity index (χ1n) is 7.02. The third-order valence-electron chi connectivity index (χ3n) is 3.90. The Morgan fingerprint density at radius 1 is 1.48 bits per heavy atom. The van der Waals surface area contributed by atoms with Crippen LogP contribution in [0.25, 0.3) is 0 Å². The number of rotatable bonds is 4. The van der Waals surface area contributed by atoms with Gasteiger partial charge in [-0.2, -0.15) is 11.8 Å². The van der Waals surface area contributed by atoms with Gasteiger partial charge in [0.25, 0.3) is 5.69 Å². The highest BCUT2D eigenvalue weighted by atomic mass is 35.5. The number of hydrogen-bond acceptors (Lipinski definition) is 5. The van der Waals surface area contributed by atoms with Gasteiger partial charge in [-0.3, -0.25) is 10.1 Å². The maximum Gasteiger partial charge on any atom is 0.321 e. The maximum absolute atomic E-state index is 12.4. The molecule has 1 N–H and O–H groups in total. The Labute approximate surface area is 144 Å². The third-order valence-corrected chi connectivity index (χ3v) is 5.28. The van der Waals surface area contributed by atoms with Crippen LogP contribution >= 0.6 is 23.4 Å². The molecule has 1 heterocycles. The van der Waals surface area contributed by atoms with E-state index in [1.165, 1.54) is 18.2 Å². The number of halogens is 1. The smallest absolute Gasteiger partial charge is 0.321 e. The van der Waals surface area contributed by atoms with Crippen LogP contribution in [-0.4, -0.2) is 65.5 Å². The number of carbonyl (C=O) groups is 1. The lowest BCUT2D eigenvalue weighted by Crippen LogP contribution is -2.38. The van der Waals surface area contributed by atoms with Crippen molar-refractivity contribution in [1.29, 1.82) is 0 Å². The van der Waals surface area contributed by atoms with Crippen LogP contribution in [0.1, 0.15) is 0 Å². The number of nitrogens with zero attached hydrogens (tertiary/aromatic N) is 3. The van der Waals surface area contributed by atoms with Gasteiger partial charge in [0.1, 0.15) is 0 Å². The minimum Gasteiger partial charge on any atom is -0.322 e. The Bertz CT molecular complexity index is 614. The van der Waals surface area contributed by atoms with Crippen molar-refractivity contribution in [3.63, 3.8) is 0 Å². The van der Waals surface area contributed by atoms with Crippen molar-refractivity contribution in [1.82, 2.24) is 9.80 Å². The molecule has 7 nitrogen and oxygen atoms in total. The van der Waals surface area contributed by atoms with Crippen LogP contribution in [0.4, 0.5) is 16.2 Å². The van der Waals surface area contributed by atoms with E-state index in [4.69, 9.17) is 11.6 Å². The van der Waals surface area contributed by atoms with E-state index in [1.807, 2.05) is 20.4 Å². The molecule has 1 aliphatic rings. The number of benzene rings is 1. The number of nitrogens with one attached hydrogen (secondary N) is 1. The van der Waals surface area contributed by atoms with E-state index in [9.17, 15) is 14.9 Å². The van der Waals surface area contributed by atoms with Crippen LogP contribution in [0, 0.1) is 10.1 Å². The van der Waals surface area contributed by atoms with Gasteiger partial charge in [0.15, 0.2) is 0 Å². The zero-order valence-corrected chi connectivity index (χ0v) is 14.7. The van der Waals surface area contributed by atoms with Crippen LogP contribution in [0.5, 0.6) is 0 Å². The van der Waals surface area contributed by atoms with Crippen molar-refractivity contribution in [2.75, 3.05) is 38.8 Å². The summed E-state index contributed by atoms with van der Waals surface area (Å²) in [7, 11) is 4.00. The second-order valence-electron chi connectivity index (χ2n) is 5.56. The zero-order valence-electron chi connectivity index (χ0n) is 13.2. The Balaban J connectivity index is 2.07. The first-order valence-corrected chi connectivity index (χ1v) is 8.69. The van der Waals surface area contributed by atoms with Crippen molar-refractivity contribution < 1.29 is 9.72 Å². The van der Waals surface area contributed by atoms with Crippen LogP contribution in [0.2, 0.25) is 5.02 Å². The van der Waals surface area contributed by atoms with E-state index in [0.717, 1.165) is 0 Å². The second-order valence-corrected chi connectivity index (χ2v) is 7.05. The van der Waals surface area contributed by atoms with Crippen molar-refractivity contribution in [2.24, 2.45) is 0 Å². The highest BCUT2D eigenvalue weighted by Gasteiger charge is 2.36. The fraction of sp³-hybridized carbons (Fsp3) is 0.500. The largest absolute Gasteiger partial charge is 0.322 e. The Kier molecular flexibility index (Phi) is 5.72. The molecule has 1 saturated heterocycles. The molecule has 0 aromatic heterocycles. The standard InChI is InChI=1S/C14H19ClN4O3S/c1-17(2)12-7-18(8-13(12)23-3)14(20)16-11-5-4-9(19(21)22)6-10(11)15/h4-6,12-13H,7-8H2,1-3H3,(H,16,20)/t12-,13-/m1/s1. The van der Waals surface area contributed by atoms with Gasteiger partial charge in [-0.25, -0.2) is 4.79 Å². The van der Waals surface area contributed by atoms with E-state index in [1.54, 1.807) is 16.7 Å². The minimum absolute atomic E-state index is 0.107. The molecular weight excluding hydrogens is 340 g/mol. The molecule has 0 aliphatic carbocycles. The number of likely N-dealkylation sites (N-methyl/N-ethyl adjacent to an activating group) is 1. The van der Waals surface area contributed by atoms with Gasteiger partial charge in [0.05, 0.1) is 15.6 Å². The molecule has 0 unspecified atom stereocenters. The summed E-state index contributed by atoms with van der Waals surface area (Å²) in [6.07, 6.45) is 2.04. The molecular formula is C14H19ClN4O3S. The molecule has 1 fully saturated rings. The summed E-state index contributed by atoms with van der Waals surface area (Å²) in [5.74, 6) is 0. The van der Waals surface area contributed by atoms with Gasteiger partial charge < -0.3 is 15.1 Å². The topological polar surface area (TPSA) is 78.7 Å². The van der Waals surface area contributed by atoms with Gasteiger partial charge in [0, 0.05) is 36.5 Å². The number of hydrogen-bond donors (Lipinski definition) is 1. The molecule has 2 rings (SSSR count). The first-order chi connectivity index (χ1) is 10.8. The number of anilines is 1. The molecule has 2 atom stereocenters. The van der Waals surface area contributed by atoms with Crippen molar-refractivity contribution in [3.8, 4) is 0 Å². The number of amides is 2. The molecule has 0 bridgehead atoms. The Morgan fingerprint density at radius 3 is 2.65 bits per heavy atom. The van der Waals surface area contributed by atoms with Gasteiger partial charge in [0.2, 0.25) is 0 Å². The van der Waals surface area contributed by atoms with E-state index in [2.05, 4.69) is 10.2 Å². The fourth-order valence-corrected chi connectivity index (χ4v) is 3.76. The average Bonchev–Trinajstić information content (AvgIpc) is 2.93. The number of nitro benzene ring substituents is 1. The molecule has 1 aromatic carbocycles. The van der Waals surface area contributed by atoms with Crippen molar-refractivity contribution >= 4 is 40.8 Å². The lowest BCUT2D eigenvalue weighted by Gasteiger charge is -2.23. The van der Waals surface area contributed by atoms with Crippen LogP contribution in [0.15, 0.2) is 18.2 Å². The third kappa shape index (κ3) is 4.07. The van der Waals surface area contributed by atoms with Crippen LogP contribution in [0.3, 0.4) is 0 Å². The number of likely N-dealkylation sites (tertiary alicyclic amines) is 1. The lowest BCUT2D eigenvalue weighted by atomic mass is 10.2. The normalized spacial score (nSPS) is 20.8. The number of urea groups is 1. The minimum atomic E-state index is -0.525. The molecule has 126 valence electrons. The summed E-state index contributed by atoms with van der Waals surface area (Å²) in [6.45, 7) is 1.29. The number of non-ortho nitro benzene ring substituents is 1. The maximum atomic E-state index is 12.4. The average molecular weight is 359 g/mol. The van der Waals surface area contributed by atoms with Crippen molar-refractivity contribution in [2.45, 2.75) is 11.3 Å². The number of nitro groups is 1. The molecule has 9 heteroatoms. The SMILES string of the molecule is CS[C@@H]1CN(C(=O)Nc2ccc([N+](=O)[O-])cc2Cl)C[C@H]1N(C)C. The second kappa shape index (κ2) is 7.37. The summed E-state index contributed by atoms with van der Waals surface area (Å²) < 4.78 is 0. The van der Waals surface area contributed by atoms with E-state index >= 15 is 0 Å². The van der Waals surface area contributed by atoms with Gasteiger partial charge in [-0.15, -0.1) is 0 Å². The van der Waals surface area contributed by atoms with Gasteiger partial charge in [-0.05, 0) is 26.4 Å². The zero-order chi connectivity index (χ0) is 17.1. The van der Waals surface area contributed by atoms with Crippen LogP contribution < -0.4 is 5.32 Å². The molecule has 0 spiro atoms. The Morgan fingerprint density at radius 2 is 2.17 bits per heavy atom. The number of thioether (sulfide) groups is 1. The van der Waals surface area contributed by atoms with Crippen molar-refractivity contribution in [3.05, 3.63) is 33.3 Å². The predicted molar refractivity (Wildman–Crippen MR) is 93.5 cm³/mol. The molecule has 0 radical (unpaired) electrons. The van der Waals surface area contributed by atoms with E-state index in [0.29, 0.717) is 30.1 Å². The number of carbonyl (C=O) groups excluding carboxylic acids is 1. The van der Waals surface area contributed by atoms with E-state index in [-0.39, 0.29) is 16.7 Å².